The smallest absolute Gasteiger partial charge is 0.291 e. The lowest BCUT2D eigenvalue weighted by molar-refractivity contribution is 0.0476. The highest BCUT2D eigenvalue weighted by Gasteiger charge is 2.40. The van der Waals surface area contributed by atoms with Gasteiger partial charge in [-0.25, -0.2) is 4.98 Å². The van der Waals surface area contributed by atoms with Crippen LogP contribution in [0, 0.1) is 18.8 Å². The zero-order chi connectivity index (χ0) is 15.1. The number of ether oxygens (including phenoxy) is 1. The summed E-state index contributed by atoms with van der Waals surface area (Å²) in [6, 6.07) is 0. The second-order valence-corrected chi connectivity index (χ2v) is 6.85. The number of aromatic nitrogens is 1. The first-order valence-corrected chi connectivity index (χ1v) is 8.24. The van der Waals surface area contributed by atoms with E-state index in [-0.39, 0.29) is 12.0 Å². The largest absolute Gasteiger partial charge is 0.438 e. The highest BCUT2D eigenvalue weighted by Crippen LogP contribution is 2.32. The van der Waals surface area contributed by atoms with Crippen LogP contribution in [0.4, 0.5) is 0 Å². The predicted octanol–water partition coefficient (Wildman–Crippen LogP) is 1.17. The van der Waals surface area contributed by atoms with E-state index < -0.39 is 0 Å². The lowest BCUT2D eigenvalue weighted by Crippen LogP contribution is -2.35. The highest BCUT2D eigenvalue weighted by atomic mass is 16.5. The minimum absolute atomic E-state index is 0.0552. The van der Waals surface area contributed by atoms with E-state index in [1.54, 1.807) is 6.92 Å². The van der Waals surface area contributed by atoms with Gasteiger partial charge in [-0.1, -0.05) is 0 Å². The van der Waals surface area contributed by atoms with Crippen molar-refractivity contribution in [3.8, 4) is 0 Å². The Balaban J connectivity index is 1.42. The van der Waals surface area contributed by atoms with Gasteiger partial charge in [-0.05, 0) is 25.7 Å². The lowest BCUT2D eigenvalue weighted by Gasteiger charge is -2.23. The molecule has 1 aromatic rings. The highest BCUT2D eigenvalue weighted by molar-refractivity contribution is 5.92. The zero-order valence-electron chi connectivity index (χ0n) is 13.0. The van der Waals surface area contributed by atoms with Crippen LogP contribution < -0.4 is 0 Å². The number of nitrogens with zero attached hydrogens (tertiary/aromatic N) is 3. The van der Waals surface area contributed by atoms with Crippen molar-refractivity contribution in [2.24, 2.45) is 11.8 Å². The molecule has 1 saturated carbocycles. The minimum Gasteiger partial charge on any atom is -0.438 e. The second kappa shape index (κ2) is 5.66. The molecule has 0 aromatic carbocycles. The molecule has 0 spiro atoms. The molecule has 2 saturated heterocycles. The van der Waals surface area contributed by atoms with Gasteiger partial charge < -0.3 is 19.0 Å². The number of hydrogen-bond donors (Lipinski definition) is 0. The summed E-state index contributed by atoms with van der Waals surface area (Å²) >= 11 is 0. The van der Waals surface area contributed by atoms with E-state index in [1.165, 1.54) is 25.8 Å². The molecule has 3 heterocycles. The fraction of sp³-hybridized carbons (Fsp3) is 0.750. The maximum absolute atomic E-state index is 12.6. The minimum atomic E-state index is -0.0552. The Morgan fingerprint density at radius 2 is 2.23 bits per heavy atom. The summed E-state index contributed by atoms with van der Waals surface area (Å²) in [5.41, 5.74) is 0.661. The number of hydrogen-bond acceptors (Lipinski definition) is 5. The SMILES string of the molecule is Cc1ncoc1C(=O)N1C[C@@H]2CN(CC3CC3)CCO[C@@H]2C1. The fourth-order valence-corrected chi connectivity index (χ4v) is 3.61. The van der Waals surface area contributed by atoms with Crippen molar-refractivity contribution < 1.29 is 13.9 Å². The van der Waals surface area contributed by atoms with Crippen molar-refractivity contribution in [3.05, 3.63) is 17.8 Å². The van der Waals surface area contributed by atoms with E-state index in [2.05, 4.69) is 9.88 Å². The first kappa shape index (κ1) is 14.2. The Kier molecular flexibility index (Phi) is 3.66. The molecule has 6 heteroatoms. The van der Waals surface area contributed by atoms with Gasteiger partial charge in [0.25, 0.3) is 5.91 Å². The predicted molar refractivity (Wildman–Crippen MR) is 79.5 cm³/mol. The standard InChI is InChI=1S/C16H23N3O3/c1-11-15(22-10-17-11)16(20)19-8-13-7-18(6-12-2-3-12)4-5-21-14(13)9-19/h10,12-14H,2-9H2,1H3/t13-,14+/m0/s1. The Hall–Kier alpha value is -1.40. The summed E-state index contributed by atoms with van der Waals surface area (Å²) in [6.45, 7) is 7.27. The van der Waals surface area contributed by atoms with Crippen LogP contribution >= 0.6 is 0 Å². The van der Waals surface area contributed by atoms with Crippen LogP contribution in [0.2, 0.25) is 0 Å². The number of aryl methyl sites for hydroxylation is 1. The summed E-state index contributed by atoms with van der Waals surface area (Å²) in [6.07, 6.45) is 4.25. The van der Waals surface area contributed by atoms with E-state index in [4.69, 9.17) is 9.15 Å². The topological polar surface area (TPSA) is 58.8 Å². The fourth-order valence-electron chi connectivity index (χ4n) is 3.61. The molecule has 0 bridgehead atoms. The van der Waals surface area contributed by atoms with Crippen molar-refractivity contribution in [2.75, 3.05) is 39.3 Å². The first-order chi connectivity index (χ1) is 10.7. The molecule has 2 atom stereocenters. The van der Waals surface area contributed by atoms with Gasteiger partial charge in [0, 0.05) is 38.6 Å². The van der Waals surface area contributed by atoms with E-state index >= 15 is 0 Å². The van der Waals surface area contributed by atoms with Crippen LogP contribution in [0.3, 0.4) is 0 Å². The molecule has 0 N–H and O–H groups in total. The molecule has 120 valence electrons. The number of carbonyl (C=O) groups is 1. The number of carbonyl (C=O) groups excluding carboxylic acids is 1. The maximum atomic E-state index is 12.6. The van der Waals surface area contributed by atoms with Crippen LogP contribution in [0.1, 0.15) is 29.1 Å². The zero-order valence-corrected chi connectivity index (χ0v) is 13.0. The van der Waals surface area contributed by atoms with E-state index in [9.17, 15) is 4.79 Å². The average molecular weight is 305 g/mol. The Labute approximate surface area is 130 Å². The maximum Gasteiger partial charge on any atom is 0.291 e. The molecule has 0 unspecified atom stereocenters. The van der Waals surface area contributed by atoms with Crippen molar-refractivity contribution >= 4 is 5.91 Å². The Morgan fingerprint density at radius 3 is 2.95 bits per heavy atom. The van der Waals surface area contributed by atoms with Gasteiger partial charge in [-0.3, -0.25) is 4.79 Å². The molecule has 22 heavy (non-hydrogen) atoms. The summed E-state index contributed by atoms with van der Waals surface area (Å²) < 4.78 is 11.3. The van der Waals surface area contributed by atoms with Crippen LogP contribution in [-0.4, -0.2) is 66.1 Å². The third-order valence-corrected chi connectivity index (χ3v) is 5.05. The van der Waals surface area contributed by atoms with E-state index in [1.807, 2.05) is 4.90 Å². The van der Waals surface area contributed by atoms with Gasteiger partial charge >= 0.3 is 0 Å². The molecule has 2 aliphatic heterocycles. The first-order valence-electron chi connectivity index (χ1n) is 8.24. The normalized spacial score (nSPS) is 29.4. The van der Waals surface area contributed by atoms with Gasteiger partial charge in [0.15, 0.2) is 6.39 Å². The number of oxazole rings is 1. The Bertz CT molecular complexity index is 555. The van der Waals surface area contributed by atoms with Crippen molar-refractivity contribution in [1.29, 1.82) is 0 Å². The van der Waals surface area contributed by atoms with Crippen LogP contribution in [0.5, 0.6) is 0 Å². The number of rotatable bonds is 3. The second-order valence-electron chi connectivity index (χ2n) is 6.85. The average Bonchev–Trinajstić information content (AvgIpc) is 3.13. The van der Waals surface area contributed by atoms with E-state index in [0.717, 1.165) is 32.2 Å². The van der Waals surface area contributed by atoms with E-state index in [0.29, 0.717) is 23.9 Å². The van der Waals surface area contributed by atoms with Crippen molar-refractivity contribution in [2.45, 2.75) is 25.9 Å². The molecule has 1 aliphatic carbocycles. The summed E-state index contributed by atoms with van der Waals surface area (Å²) in [4.78, 5) is 21.0. The molecular formula is C16H23N3O3. The van der Waals surface area contributed by atoms with Crippen molar-refractivity contribution in [1.82, 2.24) is 14.8 Å². The third-order valence-electron chi connectivity index (χ3n) is 5.05. The van der Waals surface area contributed by atoms with Crippen LogP contribution in [0.15, 0.2) is 10.8 Å². The monoisotopic (exact) mass is 305 g/mol. The van der Waals surface area contributed by atoms with Crippen LogP contribution in [0.25, 0.3) is 0 Å². The quantitative estimate of drug-likeness (QED) is 0.839. The van der Waals surface area contributed by atoms with Gasteiger partial charge in [0.05, 0.1) is 18.4 Å². The molecule has 6 nitrogen and oxygen atoms in total. The summed E-state index contributed by atoms with van der Waals surface area (Å²) in [5.74, 6) is 1.62. The van der Waals surface area contributed by atoms with Gasteiger partial charge in [0.2, 0.25) is 5.76 Å². The van der Waals surface area contributed by atoms with Crippen molar-refractivity contribution in [3.63, 3.8) is 0 Å². The van der Waals surface area contributed by atoms with Crippen LogP contribution in [-0.2, 0) is 4.74 Å². The third kappa shape index (κ3) is 2.77. The Morgan fingerprint density at radius 1 is 1.36 bits per heavy atom. The number of amides is 1. The molecule has 4 rings (SSSR count). The van der Waals surface area contributed by atoms with Gasteiger partial charge in [-0.15, -0.1) is 0 Å². The summed E-state index contributed by atoms with van der Waals surface area (Å²) in [5, 5.41) is 0. The molecular weight excluding hydrogens is 282 g/mol. The number of likely N-dealkylation sites (tertiary alicyclic amines) is 1. The van der Waals surface area contributed by atoms with Gasteiger partial charge in [-0.2, -0.15) is 0 Å². The van der Waals surface area contributed by atoms with Gasteiger partial charge in [0.1, 0.15) is 0 Å². The lowest BCUT2D eigenvalue weighted by atomic mass is 10.1. The molecule has 1 aromatic heterocycles. The number of fused-ring (bicyclic) bond motifs is 1. The summed E-state index contributed by atoms with van der Waals surface area (Å²) in [7, 11) is 0. The molecule has 3 fully saturated rings. The molecule has 3 aliphatic rings. The molecule has 1 amide bonds. The molecule has 0 radical (unpaired) electrons.